The van der Waals surface area contributed by atoms with Crippen LogP contribution in [0.25, 0.3) is 22.3 Å². The van der Waals surface area contributed by atoms with Crippen molar-refractivity contribution in [2.75, 3.05) is 24.7 Å². The van der Waals surface area contributed by atoms with Crippen molar-refractivity contribution in [3.05, 3.63) is 29.3 Å². The molecule has 1 unspecified atom stereocenters. The minimum atomic E-state index is -4.05. The molecular weight excluding hydrogens is 587 g/mol. The van der Waals surface area contributed by atoms with Crippen molar-refractivity contribution in [1.82, 2.24) is 39.0 Å². The number of fused-ring (bicyclic) bond motifs is 2. The molecule has 41 heavy (non-hydrogen) atoms. The van der Waals surface area contributed by atoms with Crippen LogP contribution in [0, 0.1) is 0 Å². The molecule has 4 aromatic rings. The van der Waals surface area contributed by atoms with E-state index in [0.29, 0.717) is 0 Å². The molecule has 220 valence electrons. The molecule has 0 aliphatic carbocycles. The number of hydrogen-bond acceptors (Lipinski definition) is 16. The van der Waals surface area contributed by atoms with Crippen molar-refractivity contribution < 1.29 is 39.3 Å². The fourth-order valence-electron chi connectivity index (χ4n) is 5.01. The number of aromatic amines is 1. The van der Waals surface area contributed by atoms with E-state index in [2.05, 4.69) is 29.9 Å². The Morgan fingerprint density at radius 3 is 2.39 bits per heavy atom. The molecule has 2 saturated heterocycles. The van der Waals surface area contributed by atoms with Crippen molar-refractivity contribution in [3.63, 3.8) is 0 Å². The Balaban J connectivity index is 1.25. The highest BCUT2D eigenvalue weighted by Crippen LogP contribution is 2.58. The molecular formula is C20H25N10O9PS. The third kappa shape index (κ3) is 4.57. The van der Waals surface area contributed by atoms with Crippen LogP contribution in [0.2, 0.25) is 0 Å². The fraction of sp³-hybridized carbons (Fsp3) is 0.500. The number of H-pyrrole nitrogens is 1. The van der Waals surface area contributed by atoms with Crippen LogP contribution in [0.4, 0.5) is 11.8 Å². The Kier molecular flexibility index (Phi) is 7.01. The van der Waals surface area contributed by atoms with Crippen molar-refractivity contribution in [2.45, 2.75) is 48.6 Å². The van der Waals surface area contributed by atoms with Crippen LogP contribution in [0.5, 0.6) is 0 Å². The van der Waals surface area contributed by atoms with Crippen molar-refractivity contribution in [3.8, 4) is 0 Å². The summed E-state index contributed by atoms with van der Waals surface area (Å²) in [6.45, 7) is -5.17. The maximum absolute atomic E-state index is 12.3. The number of aromatic nitrogens is 8. The van der Waals surface area contributed by atoms with Crippen molar-refractivity contribution in [2.24, 2.45) is 0 Å². The minimum absolute atomic E-state index is 0.0143. The maximum atomic E-state index is 12.3. The van der Waals surface area contributed by atoms with E-state index in [9.17, 15) is 30.1 Å². The largest absolute Gasteiger partial charge is 0.394 e. The first kappa shape index (κ1) is 28.0. The van der Waals surface area contributed by atoms with Crippen LogP contribution in [0.1, 0.15) is 12.5 Å². The summed E-state index contributed by atoms with van der Waals surface area (Å²) in [5, 5.41) is 42.1. The number of nitrogens with two attached hydrogens (primary N) is 2. The predicted octanol–water partition coefficient (Wildman–Crippen LogP) is -3.32. The van der Waals surface area contributed by atoms with Gasteiger partial charge in [-0.15, -0.1) is 0 Å². The van der Waals surface area contributed by atoms with E-state index in [4.69, 9.17) is 37.3 Å². The zero-order valence-corrected chi connectivity index (χ0v) is 22.5. The molecule has 21 heteroatoms. The first-order valence-corrected chi connectivity index (χ1v) is 14.8. The molecule has 2 fully saturated rings. The standard InChI is InChI=1S/C20H25N10O9PS/c21-14-8-15(24-3-23-14)29(4-25-8)18-12(34)10(32)7(39-18)2-37-40(36,41)13-11(33)6(1-31)38-19(13)30-5-26-9-16(30)27-20(22)28-17(9)35/h3-7,10-13,18-19,31-34H,1-2H2,(H,36,41)(H2,21,23,24)(H3,22,27,28,35)/t6-,7-,10-,11-,12-,13-,18-,19-,40?/m1/s1. The number of anilines is 2. The summed E-state index contributed by atoms with van der Waals surface area (Å²) < 4.78 is 19.9. The summed E-state index contributed by atoms with van der Waals surface area (Å²) in [6, 6.07) is 0. The van der Waals surface area contributed by atoms with E-state index >= 15 is 0 Å². The quantitative estimate of drug-likeness (QED) is 0.0947. The number of hydrogen-bond donors (Lipinski definition) is 8. The molecule has 4 aromatic heterocycles. The van der Waals surface area contributed by atoms with Gasteiger partial charge in [0.1, 0.15) is 41.9 Å². The summed E-state index contributed by atoms with van der Waals surface area (Å²) in [5.74, 6) is -0.0954. The number of imidazole rings is 2. The molecule has 6 heterocycles. The van der Waals surface area contributed by atoms with Gasteiger partial charge in [-0.2, -0.15) is 4.98 Å². The molecule has 2 aliphatic heterocycles. The summed E-state index contributed by atoms with van der Waals surface area (Å²) in [6.07, 6.45) is -5.48. The smallest absolute Gasteiger partial charge is 0.280 e. The lowest BCUT2D eigenvalue weighted by Gasteiger charge is -2.30. The normalized spacial score (nSPS) is 31.7. The topological polar surface area (TPSA) is 288 Å². The molecule has 9 atom stereocenters. The lowest BCUT2D eigenvalue weighted by atomic mass is 10.1. The summed E-state index contributed by atoms with van der Waals surface area (Å²) in [4.78, 5) is 46.1. The van der Waals surface area contributed by atoms with Gasteiger partial charge in [-0.1, -0.05) is 0 Å². The fourth-order valence-corrected chi connectivity index (χ4v) is 7.53. The first-order chi connectivity index (χ1) is 19.5. The van der Waals surface area contributed by atoms with E-state index in [0.717, 1.165) is 0 Å². The molecule has 6 rings (SSSR count). The lowest BCUT2D eigenvalue weighted by molar-refractivity contribution is -0.0483. The van der Waals surface area contributed by atoms with Gasteiger partial charge < -0.3 is 50.8 Å². The highest BCUT2D eigenvalue weighted by molar-refractivity contribution is 8.09. The van der Waals surface area contributed by atoms with Crippen LogP contribution in [-0.4, -0.2) is 114 Å². The van der Waals surface area contributed by atoms with Gasteiger partial charge >= 0.3 is 0 Å². The zero-order chi connectivity index (χ0) is 29.2. The van der Waals surface area contributed by atoms with Crippen LogP contribution in [-0.2, 0) is 25.8 Å². The van der Waals surface area contributed by atoms with Gasteiger partial charge in [0.05, 0.1) is 32.0 Å². The first-order valence-electron chi connectivity index (χ1n) is 12.1. The van der Waals surface area contributed by atoms with Gasteiger partial charge in [-0.05, 0) is 11.8 Å². The molecule has 10 N–H and O–H groups in total. The Morgan fingerprint density at radius 1 is 0.976 bits per heavy atom. The molecule has 19 nitrogen and oxygen atoms in total. The number of nitrogen functional groups attached to an aromatic ring is 2. The summed E-state index contributed by atoms with van der Waals surface area (Å²) in [7, 11) is 0. The second-order valence-electron chi connectivity index (χ2n) is 9.49. The zero-order valence-electron chi connectivity index (χ0n) is 20.8. The highest BCUT2D eigenvalue weighted by atomic mass is 32.5. The van der Waals surface area contributed by atoms with Crippen molar-refractivity contribution in [1.29, 1.82) is 0 Å². The molecule has 0 saturated carbocycles. The number of nitrogens with one attached hydrogen (secondary N) is 1. The van der Waals surface area contributed by atoms with Gasteiger partial charge in [0.15, 0.2) is 41.6 Å². The monoisotopic (exact) mass is 612 g/mol. The molecule has 0 amide bonds. The molecule has 0 aromatic carbocycles. The Bertz CT molecular complexity index is 1720. The third-order valence-corrected chi connectivity index (χ3v) is 9.92. The molecule has 0 bridgehead atoms. The Morgan fingerprint density at radius 2 is 1.66 bits per heavy atom. The lowest BCUT2D eigenvalue weighted by Crippen LogP contribution is -2.36. The number of nitrogens with zero attached hydrogens (tertiary/aromatic N) is 7. The van der Waals surface area contributed by atoms with E-state index < -0.39 is 73.9 Å². The number of rotatable bonds is 7. The Hall–Kier alpha value is -3.17. The van der Waals surface area contributed by atoms with E-state index in [1.54, 1.807) is 0 Å². The third-order valence-electron chi connectivity index (χ3n) is 7.04. The average Bonchev–Trinajstić information content (AvgIpc) is 3.68. The second-order valence-corrected chi connectivity index (χ2v) is 13.0. The van der Waals surface area contributed by atoms with Gasteiger partial charge in [-0.25, -0.2) is 19.9 Å². The number of ether oxygens (including phenoxy) is 2. The minimum Gasteiger partial charge on any atom is -0.394 e. The van der Waals surface area contributed by atoms with E-state index in [1.165, 1.54) is 28.1 Å². The second kappa shape index (κ2) is 10.3. The van der Waals surface area contributed by atoms with Gasteiger partial charge in [0.2, 0.25) is 5.95 Å². The number of aliphatic hydroxyl groups is 4. The molecule has 0 spiro atoms. The van der Waals surface area contributed by atoms with Gasteiger partial charge in [-0.3, -0.25) is 18.9 Å². The van der Waals surface area contributed by atoms with Crippen LogP contribution in [0.15, 0.2) is 23.8 Å². The van der Waals surface area contributed by atoms with E-state index in [1.807, 2.05) is 0 Å². The summed E-state index contributed by atoms with van der Waals surface area (Å²) in [5.41, 5.74) is 9.96. The van der Waals surface area contributed by atoms with Crippen LogP contribution >= 0.6 is 6.49 Å². The van der Waals surface area contributed by atoms with Gasteiger partial charge in [0.25, 0.3) is 5.56 Å². The molecule has 2 aliphatic rings. The average molecular weight is 613 g/mol. The van der Waals surface area contributed by atoms with Crippen molar-refractivity contribution >= 4 is 52.4 Å². The SMILES string of the molecule is Nc1nc2c(ncn2[C@@H]2O[C@H](CO)[C@@H](O)[C@H]2P(O)(=S)OC[C@H]2O[C@@H](n3cnc4c(N)ncnc43)[C@H](O)[C@@H]2O)c(=O)[nH]1. The highest BCUT2D eigenvalue weighted by Gasteiger charge is 2.53. The number of aliphatic hydroxyl groups excluding tert-OH is 4. The Labute approximate surface area is 233 Å². The van der Waals surface area contributed by atoms with Crippen LogP contribution in [0.3, 0.4) is 0 Å². The molecule has 0 radical (unpaired) electrons. The summed E-state index contributed by atoms with van der Waals surface area (Å²) >= 11 is 5.43. The van der Waals surface area contributed by atoms with Crippen LogP contribution < -0.4 is 17.0 Å². The van der Waals surface area contributed by atoms with Gasteiger partial charge in [0, 0.05) is 0 Å². The maximum Gasteiger partial charge on any atom is 0.280 e. The predicted molar refractivity (Wildman–Crippen MR) is 141 cm³/mol. The van der Waals surface area contributed by atoms with E-state index in [-0.39, 0.29) is 34.1 Å².